The topological polar surface area (TPSA) is 52.0 Å². The summed E-state index contributed by atoms with van der Waals surface area (Å²) >= 11 is 5.96. The van der Waals surface area contributed by atoms with Gasteiger partial charge in [-0.1, -0.05) is 17.7 Å². The molecular formula is C16H15ClN2O2S. The van der Waals surface area contributed by atoms with Gasteiger partial charge < -0.3 is 0 Å². The van der Waals surface area contributed by atoms with Crippen molar-refractivity contribution in [3.8, 4) is 0 Å². The predicted octanol–water partition coefficient (Wildman–Crippen LogP) is 3.85. The van der Waals surface area contributed by atoms with Crippen LogP contribution in [-0.2, 0) is 10.0 Å². The molecule has 0 N–H and O–H groups in total. The molecule has 0 aliphatic heterocycles. The third kappa shape index (κ3) is 2.30. The van der Waals surface area contributed by atoms with E-state index in [1.807, 2.05) is 26.0 Å². The van der Waals surface area contributed by atoms with Crippen LogP contribution in [0.1, 0.15) is 16.7 Å². The minimum absolute atomic E-state index is 0.192. The zero-order valence-corrected chi connectivity index (χ0v) is 14.0. The van der Waals surface area contributed by atoms with Gasteiger partial charge >= 0.3 is 0 Å². The van der Waals surface area contributed by atoms with E-state index in [1.54, 1.807) is 19.1 Å². The number of hydrogen-bond donors (Lipinski definition) is 0. The number of aryl methyl sites for hydroxylation is 3. The van der Waals surface area contributed by atoms with Crippen LogP contribution in [0.15, 0.2) is 41.6 Å². The molecule has 0 bridgehead atoms. The number of imidazole rings is 1. The van der Waals surface area contributed by atoms with Gasteiger partial charge in [0.15, 0.2) is 0 Å². The van der Waals surface area contributed by atoms with Crippen LogP contribution >= 0.6 is 11.6 Å². The van der Waals surface area contributed by atoms with Gasteiger partial charge in [0.1, 0.15) is 6.33 Å². The summed E-state index contributed by atoms with van der Waals surface area (Å²) < 4.78 is 27.1. The van der Waals surface area contributed by atoms with Gasteiger partial charge in [0.25, 0.3) is 10.0 Å². The molecule has 0 saturated carbocycles. The van der Waals surface area contributed by atoms with Crippen LogP contribution < -0.4 is 0 Å². The first kappa shape index (κ1) is 15.1. The molecule has 22 heavy (non-hydrogen) atoms. The quantitative estimate of drug-likeness (QED) is 0.715. The first-order valence-electron chi connectivity index (χ1n) is 6.77. The highest BCUT2D eigenvalue weighted by Gasteiger charge is 2.22. The van der Waals surface area contributed by atoms with E-state index in [0.717, 1.165) is 11.1 Å². The van der Waals surface area contributed by atoms with Gasteiger partial charge in [-0.15, -0.1) is 0 Å². The number of benzene rings is 2. The minimum atomic E-state index is -3.74. The van der Waals surface area contributed by atoms with E-state index < -0.39 is 10.0 Å². The van der Waals surface area contributed by atoms with Gasteiger partial charge in [-0.2, -0.15) is 0 Å². The molecular weight excluding hydrogens is 320 g/mol. The lowest BCUT2D eigenvalue weighted by Gasteiger charge is -2.10. The van der Waals surface area contributed by atoms with E-state index in [9.17, 15) is 8.42 Å². The second-order valence-corrected chi connectivity index (χ2v) is 7.60. The maximum absolute atomic E-state index is 12.9. The van der Waals surface area contributed by atoms with Crippen molar-refractivity contribution < 1.29 is 8.42 Å². The first-order chi connectivity index (χ1) is 10.3. The summed E-state index contributed by atoms with van der Waals surface area (Å²) in [5.74, 6) is 0. The fourth-order valence-corrected chi connectivity index (χ4v) is 4.17. The van der Waals surface area contributed by atoms with Crippen molar-refractivity contribution in [2.45, 2.75) is 25.7 Å². The van der Waals surface area contributed by atoms with Crippen molar-refractivity contribution >= 4 is 32.7 Å². The lowest BCUT2D eigenvalue weighted by molar-refractivity contribution is 0.588. The molecule has 6 heteroatoms. The third-order valence-electron chi connectivity index (χ3n) is 3.82. The smallest absolute Gasteiger partial charge is 0.236 e. The number of halogens is 1. The second kappa shape index (κ2) is 5.11. The number of nitrogens with zero attached hydrogens (tertiary/aromatic N) is 2. The molecule has 0 spiro atoms. The Balaban J connectivity index is 2.30. The van der Waals surface area contributed by atoms with Gasteiger partial charge in [0.05, 0.1) is 15.9 Å². The Bertz CT molecular complexity index is 991. The van der Waals surface area contributed by atoms with Crippen LogP contribution in [0.4, 0.5) is 0 Å². The monoisotopic (exact) mass is 334 g/mol. The van der Waals surface area contributed by atoms with Gasteiger partial charge in [0, 0.05) is 5.02 Å². The molecule has 0 radical (unpaired) electrons. The zero-order valence-electron chi connectivity index (χ0n) is 12.5. The maximum atomic E-state index is 12.9. The fraction of sp³-hybridized carbons (Fsp3) is 0.188. The average Bonchev–Trinajstić information content (AvgIpc) is 2.85. The number of rotatable bonds is 2. The minimum Gasteiger partial charge on any atom is -0.236 e. The van der Waals surface area contributed by atoms with Gasteiger partial charge in [-0.05, 0) is 61.7 Å². The van der Waals surface area contributed by atoms with Crippen LogP contribution in [0.3, 0.4) is 0 Å². The Morgan fingerprint density at radius 1 is 1.00 bits per heavy atom. The molecule has 0 atom stereocenters. The van der Waals surface area contributed by atoms with Crippen molar-refractivity contribution in [3.63, 3.8) is 0 Å². The molecule has 3 rings (SSSR count). The summed E-state index contributed by atoms with van der Waals surface area (Å²) in [7, 11) is -3.74. The van der Waals surface area contributed by atoms with E-state index in [1.165, 1.54) is 16.4 Å². The lowest BCUT2D eigenvalue weighted by Crippen LogP contribution is -2.13. The highest BCUT2D eigenvalue weighted by molar-refractivity contribution is 7.90. The van der Waals surface area contributed by atoms with Crippen molar-refractivity contribution in [1.82, 2.24) is 8.96 Å². The standard InChI is InChI=1S/C16H15ClN2O2S/c1-10-4-5-13(17)8-16(10)22(20,21)19-9-18-14-6-11(2)12(3)7-15(14)19/h4-9H,1-3H3. The Labute approximate surface area is 134 Å². The summed E-state index contributed by atoms with van der Waals surface area (Å²) in [5.41, 5.74) is 3.98. The lowest BCUT2D eigenvalue weighted by atomic mass is 10.1. The molecule has 4 nitrogen and oxygen atoms in total. The average molecular weight is 335 g/mol. The molecule has 0 aliphatic carbocycles. The SMILES string of the molecule is Cc1cc2ncn(S(=O)(=O)c3cc(Cl)ccc3C)c2cc1C. The second-order valence-electron chi connectivity index (χ2n) is 5.38. The summed E-state index contributed by atoms with van der Waals surface area (Å²) in [4.78, 5) is 4.41. The Morgan fingerprint density at radius 2 is 1.68 bits per heavy atom. The number of hydrogen-bond acceptors (Lipinski definition) is 3. The molecule has 0 saturated heterocycles. The Hall–Kier alpha value is -1.85. The van der Waals surface area contributed by atoms with Gasteiger partial charge in [-0.25, -0.2) is 17.4 Å². The molecule has 1 aromatic heterocycles. The molecule has 0 aliphatic rings. The molecule has 3 aromatic rings. The van der Waals surface area contributed by atoms with Gasteiger partial charge in [-0.3, -0.25) is 0 Å². The van der Waals surface area contributed by atoms with Crippen molar-refractivity contribution in [2.24, 2.45) is 0 Å². The molecule has 0 fully saturated rings. The van der Waals surface area contributed by atoms with Crippen molar-refractivity contribution in [1.29, 1.82) is 0 Å². The van der Waals surface area contributed by atoms with Gasteiger partial charge in [0.2, 0.25) is 0 Å². The van der Waals surface area contributed by atoms with E-state index in [0.29, 0.717) is 21.6 Å². The molecule has 0 unspecified atom stereocenters. The van der Waals surface area contributed by atoms with Crippen LogP contribution in [0.5, 0.6) is 0 Å². The third-order valence-corrected chi connectivity index (χ3v) is 5.86. The summed E-state index contributed by atoms with van der Waals surface area (Å²) in [5, 5.41) is 0.389. The summed E-state index contributed by atoms with van der Waals surface area (Å²) in [6.45, 7) is 5.67. The summed E-state index contributed by atoms with van der Waals surface area (Å²) in [6.07, 6.45) is 1.35. The molecule has 0 amide bonds. The largest absolute Gasteiger partial charge is 0.269 e. The van der Waals surface area contributed by atoms with E-state index in [2.05, 4.69) is 4.98 Å². The predicted molar refractivity (Wildman–Crippen MR) is 88.0 cm³/mol. The first-order valence-corrected chi connectivity index (χ1v) is 8.58. The summed E-state index contributed by atoms with van der Waals surface area (Å²) in [6, 6.07) is 8.58. The van der Waals surface area contributed by atoms with E-state index in [4.69, 9.17) is 11.6 Å². The normalized spacial score (nSPS) is 12.0. The highest BCUT2D eigenvalue weighted by Crippen LogP contribution is 2.26. The highest BCUT2D eigenvalue weighted by atomic mass is 35.5. The molecule has 114 valence electrons. The molecule has 2 aromatic carbocycles. The number of aromatic nitrogens is 2. The maximum Gasteiger partial charge on any atom is 0.269 e. The number of fused-ring (bicyclic) bond motifs is 1. The van der Waals surface area contributed by atoms with E-state index >= 15 is 0 Å². The Kier molecular flexibility index (Phi) is 3.50. The van der Waals surface area contributed by atoms with Crippen molar-refractivity contribution in [3.05, 3.63) is 58.4 Å². The van der Waals surface area contributed by atoms with Crippen LogP contribution in [0, 0.1) is 20.8 Å². The van der Waals surface area contributed by atoms with E-state index in [-0.39, 0.29) is 4.90 Å². The van der Waals surface area contributed by atoms with Crippen LogP contribution in [0.25, 0.3) is 11.0 Å². The van der Waals surface area contributed by atoms with Crippen LogP contribution in [0.2, 0.25) is 5.02 Å². The zero-order chi connectivity index (χ0) is 16.1. The molecule has 1 heterocycles. The van der Waals surface area contributed by atoms with Crippen molar-refractivity contribution in [2.75, 3.05) is 0 Å². The fourth-order valence-electron chi connectivity index (χ4n) is 2.39. The Morgan fingerprint density at radius 3 is 2.41 bits per heavy atom. The van der Waals surface area contributed by atoms with Crippen LogP contribution in [-0.4, -0.2) is 17.4 Å².